The Bertz CT molecular complexity index is 1170. The van der Waals surface area contributed by atoms with Crippen LogP contribution in [0.5, 0.6) is 5.75 Å². The number of hydrogen-bond acceptors (Lipinski definition) is 4. The third-order valence-electron chi connectivity index (χ3n) is 4.29. The van der Waals surface area contributed by atoms with Gasteiger partial charge in [-0.05, 0) is 24.3 Å². The van der Waals surface area contributed by atoms with Gasteiger partial charge >= 0.3 is 0 Å². The lowest BCUT2D eigenvalue weighted by Crippen LogP contribution is -2.22. The second kappa shape index (κ2) is 7.19. The zero-order valence-electron chi connectivity index (χ0n) is 14.9. The Morgan fingerprint density at radius 3 is 2.50 bits per heavy atom. The van der Waals surface area contributed by atoms with Crippen molar-refractivity contribution in [2.45, 2.75) is 0 Å². The molecular formula is C21H16F2N2O3. The number of halogens is 2. The number of amides is 1. The number of rotatable bonds is 5. The molecule has 0 unspecified atom stereocenters. The second-order valence-electron chi connectivity index (χ2n) is 6.21. The van der Waals surface area contributed by atoms with Crippen molar-refractivity contribution < 1.29 is 22.7 Å². The summed E-state index contributed by atoms with van der Waals surface area (Å²) in [5, 5.41) is 7.23. The average molecular weight is 382 g/mol. The van der Waals surface area contributed by atoms with E-state index in [0.29, 0.717) is 17.0 Å². The van der Waals surface area contributed by atoms with E-state index in [4.69, 9.17) is 9.15 Å². The fourth-order valence-electron chi connectivity index (χ4n) is 3.05. The van der Waals surface area contributed by atoms with Gasteiger partial charge in [0.2, 0.25) is 5.91 Å². The number of ether oxygens (including phenoxy) is 1. The maximum Gasteiger partial charge on any atom is 0.243 e. The van der Waals surface area contributed by atoms with Crippen LogP contribution in [0.25, 0.3) is 21.9 Å². The van der Waals surface area contributed by atoms with Crippen LogP contribution in [0.3, 0.4) is 0 Å². The first-order valence-electron chi connectivity index (χ1n) is 8.52. The van der Waals surface area contributed by atoms with Gasteiger partial charge in [0.1, 0.15) is 28.5 Å². The van der Waals surface area contributed by atoms with Gasteiger partial charge in [0.25, 0.3) is 0 Å². The van der Waals surface area contributed by atoms with Crippen LogP contribution in [-0.4, -0.2) is 19.6 Å². The standard InChI is InChI=1S/C21H16F2N2O3/c1-27-20-9-16-15-4-2-3-5-18(15)28-19(16)10-17(20)25-21(26)11-24-14-7-12(22)6-13(23)8-14/h2-10,24H,11H2,1H3,(H,25,26). The number of para-hydroxylation sites is 1. The monoisotopic (exact) mass is 382 g/mol. The minimum atomic E-state index is -0.722. The summed E-state index contributed by atoms with van der Waals surface area (Å²) < 4.78 is 37.7. The predicted octanol–water partition coefficient (Wildman–Crippen LogP) is 4.92. The summed E-state index contributed by atoms with van der Waals surface area (Å²) in [6.45, 7) is -0.176. The molecule has 0 fully saturated rings. The quantitative estimate of drug-likeness (QED) is 0.514. The highest BCUT2D eigenvalue weighted by atomic mass is 19.1. The number of methoxy groups -OCH3 is 1. The minimum absolute atomic E-state index is 0.173. The molecule has 2 N–H and O–H groups in total. The molecule has 142 valence electrons. The van der Waals surface area contributed by atoms with Crippen LogP contribution in [-0.2, 0) is 4.79 Å². The van der Waals surface area contributed by atoms with E-state index in [1.54, 1.807) is 12.1 Å². The molecule has 0 bridgehead atoms. The number of benzene rings is 3. The molecule has 0 aliphatic carbocycles. The first-order chi connectivity index (χ1) is 13.5. The van der Waals surface area contributed by atoms with E-state index >= 15 is 0 Å². The van der Waals surface area contributed by atoms with Gasteiger partial charge in [0.05, 0.1) is 19.3 Å². The topological polar surface area (TPSA) is 63.5 Å². The number of nitrogens with one attached hydrogen (secondary N) is 2. The van der Waals surface area contributed by atoms with Crippen LogP contribution >= 0.6 is 0 Å². The molecule has 0 spiro atoms. The van der Waals surface area contributed by atoms with Crippen molar-refractivity contribution in [1.82, 2.24) is 0 Å². The number of hydrogen-bond donors (Lipinski definition) is 2. The SMILES string of the molecule is COc1cc2c(cc1NC(=O)CNc1cc(F)cc(F)c1)oc1ccccc12. The fraction of sp³-hybridized carbons (Fsp3) is 0.0952. The molecule has 0 aliphatic heterocycles. The van der Waals surface area contributed by atoms with Crippen LogP contribution < -0.4 is 15.4 Å². The molecule has 0 atom stereocenters. The second-order valence-corrected chi connectivity index (χ2v) is 6.21. The van der Waals surface area contributed by atoms with E-state index in [1.807, 2.05) is 24.3 Å². The van der Waals surface area contributed by atoms with Gasteiger partial charge in [0, 0.05) is 28.6 Å². The van der Waals surface area contributed by atoms with E-state index in [2.05, 4.69) is 10.6 Å². The first-order valence-corrected chi connectivity index (χ1v) is 8.52. The molecule has 5 nitrogen and oxygen atoms in total. The highest BCUT2D eigenvalue weighted by Crippen LogP contribution is 2.36. The predicted molar refractivity (Wildman–Crippen MR) is 104 cm³/mol. The van der Waals surface area contributed by atoms with Crippen LogP contribution in [0.2, 0.25) is 0 Å². The lowest BCUT2D eigenvalue weighted by atomic mass is 10.1. The molecule has 4 aromatic rings. The van der Waals surface area contributed by atoms with E-state index < -0.39 is 17.5 Å². The first kappa shape index (κ1) is 17.8. The Kier molecular flexibility index (Phi) is 4.57. The Morgan fingerprint density at radius 1 is 1.00 bits per heavy atom. The molecule has 0 saturated carbocycles. The summed E-state index contributed by atoms with van der Waals surface area (Å²) in [5.74, 6) is -1.37. The normalized spacial score (nSPS) is 11.0. The molecule has 4 rings (SSSR count). The van der Waals surface area contributed by atoms with Crippen LogP contribution in [0.15, 0.2) is 59.0 Å². The minimum Gasteiger partial charge on any atom is -0.495 e. The van der Waals surface area contributed by atoms with Crippen molar-refractivity contribution in [2.24, 2.45) is 0 Å². The summed E-state index contributed by atoms with van der Waals surface area (Å²) >= 11 is 0. The van der Waals surface area contributed by atoms with E-state index in [-0.39, 0.29) is 12.2 Å². The molecule has 3 aromatic carbocycles. The van der Waals surface area contributed by atoms with Gasteiger partial charge in [-0.1, -0.05) is 18.2 Å². The molecule has 1 aromatic heterocycles. The van der Waals surface area contributed by atoms with Crippen molar-refractivity contribution in [3.63, 3.8) is 0 Å². The zero-order valence-corrected chi connectivity index (χ0v) is 14.9. The Morgan fingerprint density at radius 2 is 1.75 bits per heavy atom. The summed E-state index contributed by atoms with van der Waals surface area (Å²) in [6.07, 6.45) is 0. The molecule has 0 radical (unpaired) electrons. The van der Waals surface area contributed by atoms with Crippen LogP contribution in [0.1, 0.15) is 0 Å². The molecule has 0 saturated heterocycles. The van der Waals surface area contributed by atoms with E-state index in [0.717, 1.165) is 34.6 Å². The molecule has 0 aliphatic rings. The average Bonchev–Trinajstić information content (AvgIpc) is 3.02. The Balaban J connectivity index is 1.56. The molecular weight excluding hydrogens is 366 g/mol. The smallest absolute Gasteiger partial charge is 0.243 e. The van der Waals surface area contributed by atoms with Gasteiger partial charge in [-0.15, -0.1) is 0 Å². The number of anilines is 2. The molecule has 7 heteroatoms. The van der Waals surface area contributed by atoms with E-state index in [9.17, 15) is 13.6 Å². The van der Waals surface area contributed by atoms with Gasteiger partial charge in [-0.3, -0.25) is 4.79 Å². The van der Waals surface area contributed by atoms with E-state index in [1.165, 1.54) is 7.11 Å². The largest absolute Gasteiger partial charge is 0.495 e. The highest BCUT2D eigenvalue weighted by Gasteiger charge is 2.14. The molecule has 28 heavy (non-hydrogen) atoms. The number of fused-ring (bicyclic) bond motifs is 3. The van der Waals surface area contributed by atoms with Crippen molar-refractivity contribution in [3.8, 4) is 5.75 Å². The highest BCUT2D eigenvalue weighted by molar-refractivity contribution is 6.08. The zero-order chi connectivity index (χ0) is 19.7. The van der Waals surface area contributed by atoms with Crippen molar-refractivity contribution in [3.05, 3.63) is 66.2 Å². The van der Waals surface area contributed by atoms with Gasteiger partial charge in [-0.2, -0.15) is 0 Å². The van der Waals surface area contributed by atoms with Gasteiger partial charge < -0.3 is 19.8 Å². The number of furan rings is 1. The van der Waals surface area contributed by atoms with Crippen LogP contribution in [0.4, 0.5) is 20.2 Å². The summed E-state index contributed by atoms with van der Waals surface area (Å²) in [4.78, 5) is 12.3. The van der Waals surface area contributed by atoms with Gasteiger partial charge in [-0.25, -0.2) is 8.78 Å². The number of carbonyl (C=O) groups excluding carboxylic acids is 1. The van der Waals surface area contributed by atoms with Crippen molar-refractivity contribution >= 4 is 39.2 Å². The van der Waals surface area contributed by atoms with Gasteiger partial charge in [0.15, 0.2) is 0 Å². The summed E-state index contributed by atoms with van der Waals surface area (Å²) in [6, 6.07) is 14.1. The van der Waals surface area contributed by atoms with Crippen LogP contribution in [0, 0.1) is 11.6 Å². The Hall–Kier alpha value is -3.61. The third-order valence-corrected chi connectivity index (χ3v) is 4.29. The summed E-state index contributed by atoms with van der Waals surface area (Å²) in [5.41, 5.74) is 1.95. The maximum atomic E-state index is 13.2. The lowest BCUT2D eigenvalue weighted by Gasteiger charge is -2.11. The lowest BCUT2D eigenvalue weighted by molar-refractivity contribution is -0.114. The molecule has 1 amide bonds. The maximum absolute atomic E-state index is 13.2. The Labute approximate surface area is 158 Å². The molecule has 1 heterocycles. The van der Waals surface area contributed by atoms with Crippen molar-refractivity contribution in [2.75, 3.05) is 24.3 Å². The number of carbonyl (C=O) groups is 1. The fourth-order valence-corrected chi connectivity index (χ4v) is 3.05. The third kappa shape index (κ3) is 3.46. The van der Waals surface area contributed by atoms with Crippen molar-refractivity contribution in [1.29, 1.82) is 0 Å². The summed E-state index contributed by atoms with van der Waals surface area (Å²) in [7, 11) is 1.51.